The van der Waals surface area contributed by atoms with Crippen molar-refractivity contribution in [2.45, 2.75) is 56.4 Å². The van der Waals surface area contributed by atoms with E-state index in [-0.39, 0.29) is 12.1 Å². The predicted octanol–water partition coefficient (Wildman–Crippen LogP) is 2.38. The second-order valence-corrected chi connectivity index (χ2v) is 6.04. The number of carbonyl (C=O) groups excluding carboxylic acids is 1. The number of urea groups is 1. The molecule has 0 radical (unpaired) electrons. The van der Waals surface area contributed by atoms with Gasteiger partial charge >= 0.3 is 6.03 Å². The molecule has 1 aliphatic rings. The molecule has 3 atom stereocenters. The highest BCUT2D eigenvalue weighted by Gasteiger charge is 2.25. The molecular weight excluding hydrogens is 248 g/mol. The summed E-state index contributed by atoms with van der Waals surface area (Å²) in [6.45, 7) is 2.68. The summed E-state index contributed by atoms with van der Waals surface area (Å²) in [6, 6.07) is 0.439. The number of nitrogens with one attached hydrogen (secondary N) is 2. The number of hydrogen-bond acceptors (Lipinski definition) is 3. The number of rotatable bonds is 6. The van der Waals surface area contributed by atoms with E-state index in [1.165, 1.54) is 19.3 Å². The topological polar surface area (TPSA) is 50.4 Å². The number of carbonyl (C=O) groups is 1. The predicted molar refractivity (Wildman–Crippen MR) is 77.2 cm³/mol. The van der Waals surface area contributed by atoms with Gasteiger partial charge in [0.15, 0.2) is 0 Å². The van der Waals surface area contributed by atoms with Crippen LogP contribution in [-0.4, -0.2) is 43.3 Å². The molecule has 0 saturated heterocycles. The van der Waals surface area contributed by atoms with Crippen LogP contribution in [0, 0.1) is 0 Å². The molecule has 0 spiro atoms. The third-order valence-electron chi connectivity index (χ3n) is 3.45. The van der Waals surface area contributed by atoms with E-state index in [0.717, 1.165) is 12.8 Å². The summed E-state index contributed by atoms with van der Waals surface area (Å²) >= 11 is 1.87. The Labute approximate surface area is 115 Å². The monoisotopic (exact) mass is 274 g/mol. The van der Waals surface area contributed by atoms with Crippen molar-refractivity contribution >= 4 is 17.8 Å². The van der Waals surface area contributed by atoms with Crippen LogP contribution in [0.4, 0.5) is 4.79 Å². The summed E-state index contributed by atoms with van der Waals surface area (Å²) in [6.07, 6.45) is 7.80. The summed E-state index contributed by atoms with van der Waals surface area (Å²) in [5, 5.41) is 6.65. The van der Waals surface area contributed by atoms with Crippen LogP contribution < -0.4 is 10.6 Å². The van der Waals surface area contributed by atoms with Gasteiger partial charge < -0.3 is 15.4 Å². The van der Waals surface area contributed by atoms with Gasteiger partial charge in [0.05, 0.1) is 0 Å². The molecule has 0 heterocycles. The van der Waals surface area contributed by atoms with E-state index in [1.54, 1.807) is 7.11 Å². The molecule has 1 fully saturated rings. The third kappa shape index (κ3) is 5.48. The molecule has 0 unspecified atom stereocenters. The highest BCUT2D eigenvalue weighted by Crippen LogP contribution is 2.26. The van der Waals surface area contributed by atoms with E-state index in [0.29, 0.717) is 17.9 Å². The van der Waals surface area contributed by atoms with Gasteiger partial charge in [0.2, 0.25) is 0 Å². The van der Waals surface area contributed by atoms with Crippen LogP contribution in [0.3, 0.4) is 0 Å². The quantitative estimate of drug-likeness (QED) is 0.782. The minimum Gasteiger partial charge on any atom is -0.385 e. The lowest BCUT2D eigenvalue weighted by Crippen LogP contribution is -2.50. The summed E-state index contributed by atoms with van der Waals surface area (Å²) in [4.78, 5) is 11.9. The Morgan fingerprint density at radius 2 is 2.17 bits per heavy atom. The van der Waals surface area contributed by atoms with Crippen LogP contribution in [0.5, 0.6) is 0 Å². The molecule has 0 bridgehead atoms. The lowest BCUT2D eigenvalue weighted by molar-refractivity contribution is 0.183. The van der Waals surface area contributed by atoms with Gasteiger partial charge in [0.1, 0.15) is 0 Å². The standard InChI is InChI=1S/C13H26N2O2S/c1-10(8-9-17-2)14-13(16)15-11-6-4-5-7-12(11)18-3/h10-12H,4-9H2,1-3H3,(H2,14,15,16)/t10-,11-,12+/m0/s1. The first-order valence-electron chi connectivity index (χ1n) is 6.76. The van der Waals surface area contributed by atoms with E-state index >= 15 is 0 Å². The Morgan fingerprint density at radius 3 is 2.83 bits per heavy atom. The Morgan fingerprint density at radius 1 is 1.44 bits per heavy atom. The van der Waals surface area contributed by atoms with Crippen molar-refractivity contribution in [1.29, 1.82) is 0 Å². The minimum atomic E-state index is -0.0375. The average Bonchev–Trinajstić information content (AvgIpc) is 2.36. The van der Waals surface area contributed by atoms with Crippen molar-refractivity contribution in [2.75, 3.05) is 20.0 Å². The van der Waals surface area contributed by atoms with Crippen molar-refractivity contribution in [3.63, 3.8) is 0 Å². The maximum absolute atomic E-state index is 11.9. The second-order valence-electron chi connectivity index (χ2n) is 4.97. The zero-order chi connectivity index (χ0) is 13.4. The van der Waals surface area contributed by atoms with Gasteiger partial charge in [-0.15, -0.1) is 0 Å². The van der Waals surface area contributed by atoms with E-state index in [9.17, 15) is 4.79 Å². The van der Waals surface area contributed by atoms with E-state index in [2.05, 4.69) is 16.9 Å². The smallest absolute Gasteiger partial charge is 0.315 e. The molecule has 1 saturated carbocycles. The van der Waals surface area contributed by atoms with Crippen molar-refractivity contribution in [2.24, 2.45) is 0 Å². The molecule has 18 heavy (non-hydrogen) atoms. The molecular formula is C13H26N2O2S. The highest BCUT2D eigenvalue weighted by atomic mass is 32.2. The highest BCUT2D eigenvalue weighted by molar-refractivity contribution is 7.99. The SMILES string of the molecule is COCC[C@H](C)NC(=O)N[C@H]1CCCC[C@H]1SC. The number of methoxy groups -OCH3 is 1. The van der Waals surface area contributed by atoms with Gasteiger partial charge in [-0.3, -0.25) is 0 Å². The average molecular weight is 274 g/mol. The Balaban J connectivity index is 2.29. The molecule has 5 heteroatoms. The van der Waals surface area contributed by atoms with Gasteiger partial charge in [0, 0.05) is 31.1 Å². The van der Waals surface area contributed by atoms with E-state index in [4.69, 9.17) is 4.74 Å². The molecule has 0 aromatic carbocycles. The van der Waals surface area contributed by atoms with Crippen LogP contribution in [0.1, 0.15) is 39.0 Å². The van der Waals surface area contributed by atoms with Gasteiger partial charge in [-0.2, -0.15) is 11.8 Å². The molecule has 106 valence electrons. The first-order valence-corrected chi connectivity index (χ1v) is 8.05. The van der Waals surface area contributed by atoms with Crippen molar-refractivity contribution < 1.29 is 9.53 Å². The fraction of sp³-hybridized carbons (Fsp3) is 0.923. The molecule has 4 nitrogen and oxygen atoms in total. The molecule has 0 aromatic rings. The zero-order valence-corrected chi connectivity index (χ0v) is 12.5. The molecule has 2 N–H and O–H groups in total. The summed E-state index contributed by atoms with van der Waals surface area (Å²) in [5.41, 5.74) is 0. The van der Waals surface area contributed by atoms with Crippen LogP contribution in [0.2, 0.25) is 0 Å². The first kappa shape index (κ1) is 15.6. The number of amides is 2. The summed E-state index contributed by atoms with van der Waals surface area (Å²) in [7, 11) is 1.68. The molecule has 0 aliphatic heterocycles. The largest absolute Gasteiger partial charge is 0.385 e. The van der Waals surface area contributed by atoms with Crippen molar-refractivity contribution in [3.05, 3.63) is 0 Å². The molecule has 1 rings (SSSR count). The fourth-order valence-electron chi connectivity index (χ4n) is 2.34. The number of thioether (sulfide) groups is 1. The maximum Gasteiger partial charge on any atom is 0.315 e. The third-order valence-corrected chi connectivity index (χ3v) is 4.62. The van der Waals surface area contributed by atoms with Gasteiger partial charge in [-0.05, 0) is 32.4 Å². The maximum atomic E-state index is 11.9. The van der Waals surface area contributed by atoms with Crippen LogP contribution in [0.15, 0.2) is 0 Å². The Hall–Kier alpha value is -0.420. The molecule has 2 amide bonds. The van der Waals surface area contributed by atoms with Crippen LogP contribution in [0.25, 0.3) is 0 Å². The van der Waals surface area contributed by atoms with E-state index < -0.39 is 0 Å². The number of hydrogen-bond donors (Lipinski definition) is 2. The minimum absolute atomic E-state index is 0.0375. The fourth-order valence-corrected chi connectivity index (χ4v) is 3.28. The van der Waals surface area contributed by atoms with Gasteiger partial charge in [-0.1, -0.05) is 12.8 Å². The van der Waals surface area contributed by atoms with Crippen molar-refractivity contribution in [3.8, 4) is 0 Å². The Kier molecular flexibility index (Phi) is 7.51. The van der Waals surface area contributed by atoms with Crippen molar-refractivity contribution in [1.82, 2.24) is 10.6 Å². The summed E-state index contributed by atoms with van der Waals surface area (Å²) in [5.74, 6) is 0. The van der Waals surface area contributed by atoms with Gasteiger partial charge in [0.25, 0.3) is 0 Å². The van der Waals surface area contributed by atoms with Gasteiger partial charge in [-0.25, -0.2) is 4.79 Å². The number of ether oxygens (including phenoxy) is 1. The second kappa shape index (κ2) is 8.64. The lowest BCUT2D eigenvalue weighted by atomic mass is 9.95. The molecule has 1 aliphatic carbocycles. The van der Waals surface area contributed by atoms with Crippen LogP contribution in [-0.2, 0) is 4.74 Å². The molecule has 0 aromatic heterocycles. The van der Waals surface area contributed by atoms with Crippen LogP contribution >= 0.6 is 11.8 Å². The lowest BCUT2D eigenvalue weighted by Gasteiger charge is -2.31. The Bertz CT molecular complexity index is 251. The summed E-state index contributed by atoms with van der Waals surface area (Å²) < 4.78 is 5.00. The normalized spacial score (nSPS) is 25.5. The zero-order valence-electron chi connectivity index (χ0n) is 11.7. The van der Waals surface area contributed by atoms with E-state index in [1.807, 2.05) is 18.7 Å². The first-order chi connectivity index (χ1) is 8.67.